The van der Waals surface area contributed by atoms with Crippen molar-refractivity contribution >= 4 is 17.0 Å². The van der Waals surface area contributed by atoms with Gasteiger partial charge in [-0.05, 0) is 5.10 Å². The fourth-order valence-electron chi connectivity index (χ4n) is 0.908. The highest BCUT2D eigenvalue weighted by Crippen LogP contribution is 2.06. The molecule has 0 radical (unpaired) electrons. The van der Waals surface area contributed by atoms with Crippen LogP contribution in [0.3, 0.4) is 0 Å². The zero-order valence-corrected chi connectivity index (χ0v) is 5.94. The van der Waals surface area contributed by atoms with Crippen molar-refractivity contribution in [3.05, 3.63) is 6.33 Å². The molecule has 0 amide bonds. The first kappa shape index (κ1) is 6.02. The highest BCUT2D eigenvalue weighted by Gasteiger charge is 2.13. The first-order chi connectivity index (χ1) is 5.29. The van der Waals surface area contributed by atoms with E-state index in [2.05, 4.69) is 20.3 Å². The van der Waals surface area contributed by atoms with Gasteiger partial charge >= 0.3 is 5.65 Å². The summed E-state index contributed by atoms with van der Waals surface area (Å²) in [5.41, 5.74) is 6.84. The van der Waals surface area contributed by atoms with Crippen LogP contribution in [0.25, 0.3) is 11.2 Å². The van der Waals surface area contributed by atoms with Crippen LogP contribution >= 0.6 is 0 Å². The third-order valence-electron chi connectivity index (χ3n) is 1.46. The number of aromatic nitrogens is 5. The second kappa shape index (κ2) is 1.88. The third-order valence-corrected chi connectivity index (χ3v) is 1.46. The maximum atomic E-state index is 5.52. The SMILES string of the molecule is C[n+]1[nH]nc2c(N)ncnc21. The Labute approximate surface area is 62.1 Å². The molecule has 6 nitrogen and oxygen atoms in total. The van der Waals surface area contributed by atoms with Crippen molar-refractivity contribution in [2.75, 3.05) is 5.73 Å². The number of nitrogens with one attached hydrogen (secondary N) is 1. The van der Waals surface area contributed by atoms with Crippen molar-refractivity contribution in [1.82, 2.24) is 20.3 Å². The smallest absolute Gasteiger partial charge is 0.330 e. The van der Waals surface area contributed by atoms with E-state index in [1.165, 1.54) is 6.33 Å². The van der Waals surface area contributed by atoms with Crippen molar-refractivity contribution in [1.29, 1.82) is 0 Å². The Bertz CT molecular complexity index is 391. The predicted octanol–water partition coefficient (Wildman–Crippen LogP) is -1.24. The fourth-order valence-corrected chi connectivity index (χ4v) is 0.908. The fraction of sp³-hybridized carbons (Fsp3) is 0.200. The molecule has 11 heavy (non-hydrogen) atoms. The Hall–Kier alpha value is -1.72. The van der Waals surface area contributed by atoms with Gasteiger partial charge in [-0.25, -0.2) is 0 Å². The number of hydrogen-bond acceptors (Lipinski definition) is 4. The van der Waals surface area contributed by atoms with E-state index in [4.69, 9.17) is 5.73 Å². The topological polar surface area (TPSA) is 84.4 Å². The molecule has 0 aromatic carbocycles. The Morgan fingerprint density at radius 2 is 2.36 bits per heavy atom. The summed E-state index contributed by atoms with van der Waals surface area (Å²) in [7, 11) is 1.81. The third kappa shape index (κ3) is 0.721. The van der Waals surface area contributed by atoms with Crippen LogP contribution in [0.2, 0.25) is 0 Å². The zero-order chi connectivity index (χ0) is 7.84. The molecule has 2 aromatic rings. The molecule has 0 saturated carbocycles. The van der Waals surface area contributed by atoms with Crippen molar-refractivity contribution in [3.8, 4) is 0 Å². The van der Waals surface area contributed by atoms with Gasteiger partial charge in [0.2, 0.25) is 0 Å². The lowest BCUT2D eigenvalue weighted by molar-refractivity contribution is -0.708. The van der Waals surface area contributed by atoms with E-state index < -0.39 is 0 Å². The molecule has 0 atom stereocenters. The molecule has 6 heteroatoms. The number of nitrogen functional groups attached to an aromatic ring is 1. The molecule has 0 aliphatic carbocycles. The summed E-state index contributed by atoms with van der Waals surface area (Å²) in [5, 5.41) is 6.61. The molecular weight excluding hydrogens is 144 g/mol. The number of nitrogens with zero attached hydrogens (tertiary/aromatic N) is 4. The van der Waals surface area contributed by atoms with Crippen LogP contribution in [0.15, 0.2) is 6.33 Å². The monoisotopic (exact) mass is 151 g/mol. The van der Waals surface area contributed by atoms with Crippen LogP contribution < -0.4 is 10.4 Å². The second-order valence-electron chi connectivity index (χ2n) is 2.20. The quantitative estimate of drug-likeness (QED) is 0.461. The van der Waals surface area contributed by atoms with E-state index in [0.29, 0.717) is 17.0 Å². The molecule has 56 valence electrons. The summed E-state index contributed by atoms with van der Waals surface area (Å²) in [6.07, 6.45) is 1.41. The van der Waals surface area contributed by atoms with Gasteiger partial charge in [0.1, 0.15) is 0 Å². The number of fused-ring (bicyclic) bond motifs is 1. The van der Waals surface area contributed by atoms with Crippen LogP contribution in [-0.2, 0) is 7.05 Å². The molecule has 0 spiro atoms. The average Bonchev–Trinajstić information content (AvgIpc) is 2.35. The van der Waals surface area contributed by atoms with E-state index in [0.717, 1.165) is 0 Å². The van der Waals surface area contributed by atoms with Gasteiger partial charge in [0, 0.05) is 0 Å². The minimum Gasteiger partial charge on any atom is -0.380 e. The van der Waals surface area contributed by atoms with Gasteiger partial charge in [-0.2, -0.15) is 9.67 Å². The van der Waals surface area contributed by atoms with Crippen LogP contribution in [0.1, 0.15) is 0 Å². The summed E-state index contributed by atoms with van der Waals surface area (Å²) in [5.74, 6) is 0.395. The van der Waals surface area contributed by atoms with Crippen LogP contribution in [0.4, 0.5) is 5.82 Å². The average molecular weight is 151 g/mol. The number of hydrogen-bond donors (Lipinski definition) is 2. The summed E-state index contributed by atoms with van der Waals surface area (Å²) in [4.78, 5) is 7.77. The number of anilines is 1. The van der Waals surface area contributed by atoms with Crippen molar-refractivity contribution in [2.24, 2.45) is 7.05 Å². The summed E-state index contributed by atoms with van der Waals surface area (Å²) in [6.45, 7) is 0. The Morgan fingerprint density at radius 1 is 1.55 bits per heavy atom. The van der Waals surface area contributed by atoms with Crippen LogP contribution in [-0.4, -0.2) is 20.3 Å². The maximum absolute atomic E-state index is 5.52. The van der Waals surface area contributed by atoms with Gasteiger partial charge in [0.25, 0.3) is 5.52 Å². The number of aryl methyl sites for hydroxylation is 1. The van der Waals surface area contributed by atoms with E-state index in [9.17, 15) is 0 Å². The first-order valence-corrected chi connectivity index (χ1v) is 3.09. The number of nitrogens with two attached hydrogens (primary N) is 1. The van der Waals surface area contributed by atoms with Gasteiger partial charge in [-0.3, -0.25) is 0 Å². The lowest BCUT2D eigenvalue weighted by atomic mass is 10.5. The van der Waals surface area contributed by atoms with E-state index in [1.54, 1.807) is 4.68 Å². The van der Waals surface area contributed by atoms with Crippen molar-refractivity contribution in [3.63, 3.8) is 0 Å². The molecule has 3 N–H and O–H groups in total. The zero-order valence-electron chi connectivity index (χ0n) is 5.94. The number of rotatable bonds is 0. The Morgan fingerprint density at radius 3 is 3.09 bits per heavy atom. The van der Waals surface area contributed by atoms with Crippen molar-refractivity contribution in [2.45, 2.75) is 0 Å². The van der Waals surface area contributed by atoms with Gasteiger partial charge in [0.05, 0.1) is 7.05 Å². The first-order valence-electron chi connectivity index (χ1n) is 3.09. The number of H-pyrrole nitrogens is 1. The molecule has 2 aromatic heterocycles. The molecule has 0 aliphatic heterocycles. The van der Waals surface area contributed by atoms with E-state index in [-0.39, 0.29) is 0 Å². The van der Waals surface area contributed by atoms with E-state index >= 15 is 0 Å². The summed E-state index contributed by atoms with van der Waals surface area (Å²) in [6, 6.07) is 0. The maximum Gasteiger partial charge on any atom is 0.330 e. The molecular formula is C5H7N6+. The highest BCUT2D eigenvalue weighted by molar-refractivity contribution is 5.77. The predicted molar refractivity (Wildman–Crippen MR) is 37.3 cm³/mol. The van der Waals surface area contributed by atoms with Gasteiger partial charge in [-0.1, -0.05) is 4.98 Å². The summed E-state index contributed by atoms with van der Waals surface area (Å²) < 4.78 is 1.67. The minimum absolute atomic E-state index is 0.395. The Kier molecular flexibility index (Phi) is 1.03. The van der Waals surface area contributed by atoms with E-state index in [1.807, 2.05) is 7.05 Å². The highest BCUT2D eigenvalue weighted by atomic mass is 15.4. The molecule has 0 unspecified atom stereocenters. The van der Waals surface area contributed by atoms with Crippen LogP contribution in [0, 0.1) is 0 Å². The molecule has 0 saturated heterocycles. The molecule has 2 heterocycles. The molecule has 2 rings (SSSR count). The summed E-state index contributed by atoms with van der Waals surface area (Å²) >= 11 is 0. The normalized spacial score (nSPS) is 10.6. The Balaban J connectivity index is 2.94. The van der Waals surface area contributed by atoms with Gasteiger partial charge in [-0.15, -0.1) is 5.21 Å². The molecule has 0 bridgehead atoms. The van der Waals surface area contributed by atoms with Gasteiger partial charge in [0.15, 0.2) is 12.1 Å². The lowest BCUT2D eigenvalue weighted by Gasteiger charge is -1.83. The molecule has 0 fully saturated rings. The van der Waals surface area contributed by atoms with Crippen molar-refractivity contribution < 1.29 is 4.68 Å². The lowest BCUT2D eigenvalue weighted by Crippen LogP contribution is -2.30. The standard InChI is InChI=1S/C5H6N6/c1-11-5-3(9-10-11)4(6)7-2-8-5/h2H,1H3,(H2,6,7,8,10)/p+1. The molecule has 0 aliphatic rings. The van der Waals surface area contributed by atoms with Gasteiger partial charge < -0.3 is 5.73 Å². The minimum atomic E-state index is 0.395. The largest absolute Gasteiger partial charge is 0.380 e. The van der Waals surface area contributed by atoms with Crippen LogP contribution in [0.5, 0.6) is 0 Å². The second-order valence-corrected chi connectivity index (χ2v) is 2.20. The number of aromatic amines is 1.